The van der Waals surface area contributed by atoms with Crippen LogP contribution in [0, 0.1) is 5.41 Å². The van der Waals surface area contributed by atoms with Crippen LogP contribution in [0.15, 0.2) is 4.42 Å². The van der Waals surface area contributed by atoms with E-state index in [1.165, 1.54) is 0 Å². The van der Waals surface area contributed by atoms with E-state index < -0.39 is 0 Å². The lowest BCUT2D eigenvalue weighted by Gasteiger charge is -2.39. The molecule has 1 atom stereocenters. The standard InChI is InChI=1S/C20H33N5O4/c1-14(2)18-21-22-19(29-18)15-10-20(13-25(15)11-16(26)23(3)4)6-8-24(9-7-20)17(27)12-28-5/h14-15H,6-13H2,1-5H3. The average molecular weight is 408 g/mol. The number of likely N-dealkylation sites (N-methyl/N-ethyl adjacent to an activating group) is 1. The maximum atomic E-state index is 12.4. The Kier molecular flexibility index (Phi) is 6.58. The lowest BCUT2D eigenvalue weighted by atomic mass is 9.76. The summed E-state index contributed by atoms with van der Waals surface area (Å²) in [6.07, 6.45) is 2.66. The Morgan fingerprint density at radius 3 is 2.52 bits per heavy atom. The van der Waals surface area contributed by atoms with E-state index in [-0.39, 0.29) is 35.8 Å². The molecule has 0 N–H and O–H groups in total. The molecule has 2 amide bonds. The van der Waals surface area contributed by atoms with Crippen LogP contribution >= 0.6 is 0 Å². The predicted molar refractivity (Wildman–Crippen MR) is 106 cm³/mol. The predicted octanol–water partition coefficient (Wildman–Crippen LogP) is 1.28. The number of methoxy groups -OCH3 is 1. The van der Waals surface area contributed by atoms with Crippen LogP contribution in [0.4, 0.5) is 0 Å². The van der Waals surface area contributed by atoms with Gasteiger partial charge in [0.15, 0.2) is 0 Å². The van der Waals surface area contributed by atoms with Gasteiger partial charge in [0.25, 0.3) is 0 Å². The minimum Gasteiger partial charge on any atom is -0.423 e. The number of rotatable bonds is 6. The lowest BCUT2D eigenvalue weighted by Crippen LogP contribution is -2.45. The largest absolute Gasteiger partial charge is 0.423 e. The van der Waals surface area contributed by atoms with Gasteiger partial charge in [-0.3, -0.25) is 14.5 Å². The molecule has 1 aromatic heterocycles. The van der Waals surface area contributed by atoms with Crippen LogP contribution in [0.2, 0.25) is 0 Å². The lowest BCUT2D eigenvalue weighted by molar-refractivity contribution is -0.137. The van der Waals surface area contributed by atoms with E-state index in [0.717, 1.165) is 25.8 Å². The molecule has 2 fully saturated rings. The molecule has 2 aliphatic heterocycles. The number of piperidine rings is 1. The van der Waals surface area contributed by atoms with Crippen molar-refractivity contribution >= 4 is 11.8 Å². The Bertz CT molecular complexity index is 724. The Balaban J connectivity index is 1.76. The van der Waals surface area contributed by atoms with E-state index in [0.29, 0.717) is 31.4 Å². The number of hydrogen-bond acceptors (Lipinski definition) is 7. The third-order valence-electron chi connectivity index (χ3n) is 6.12. The molecule has 3 heterocycles. The van der Waals surface area contributed by atoms with E-state index in [1.54, 1.807) is 26.1 Å². The van der Waals surface area contributed by atoms with Gasteiger partial charge in [-0.2, -0.15) is 0 Å². The Labute approximate surface area is 172 Å². The third kappa shape index (κ3) is 4.78. The number of hydrogen-bond donors (Lipinski definition) is 0. The molecule has 162 valence electrons. The maximum absolute atomic E-state index is 12.4. The van der Waals surface area contributed by atoms with Crippen molar-refractivity contribution in [1.82, 2.24) is 24.9 Å². The summed E-state index contributed by atoms with van der Waals surface area (Å²) in [6.45, 7) is 6.71. The molecule has 29 heavy (non-hydrogen) atoms. The first-order valence-electron chi connectivity index (χ1n) is 10.3. The minimum absolute atomic E-state index is 0.0371. The fourth-order valence-electron chi connectivity index (χ4n) is 4.29. The number of aromatic nitrogens is 2. The first-order chi connectivity index (χ1) is 13.7. The van der Waals surface area contributed by atoms with Gasteiger partial charge in [-0.15, -0.1) is 10.2 Å². The summed E-state index contributed by atoms with van der Waals surface area (Å²) in [5.41, 5.74) is 0.0492. The van der Waals surface area contributed by atoms with Gasteiger partial charge in [-0.1, -0.05) is 13.8 Å². The van der Waals surface area contributed by atoms with Gasteiger partial charge < -0.3 is 19.0 Å². The summed E-state index contributed by atoms with van der Waals surface area (Å²) >= 11 is 0. The van der Waals surface area contributed by atoms with Crippen molar-refractivity contribution in [2.45, 2.75) is 45.1 Å². The van der Waals surface area contributed by atoms with Crippen molar-refractivity contribution in [1.29, 1.82) is 0 Å². The zero-order valence-corrected chi connectivity index (χ0v) is 18.2. The van der Waals surface area contributed by atoms with Crippen molar-refractivity contribution < 1.29 is 18.7 Å². The molecule has 0 bridgehead atoms. The first-order valence-corrected chi connectivity index (χ1v) is 10.3. The number of carbonyl (C=O) groups is 2. The van der Waals surface area contributed by atoms with Gasteiger partial charge in [0.05, 0.1) is 12.6 Å². The van der Waals surface area contributed by atoms with Crippen LogP contribution in [-0.4, -0.2) is 90.7 Å². The van der Waals surface area contributed by atoms with Crippen molar-refractivity contribution in [3.63, 3.8) is 0 Å². The second kappa shape index (κ2) is 8.79. The van der Waals surface area contributed by atoms with Gasteiger partial charge >= 0.3 is 0 Å². The van der Waals surface area contributed by atoms with Crippen LogP contribution in [0.5, 0.6) is 0 Å². The Morgan fingerprint density at radius 1 is 1.28 bits per heavy atom. The normalized spacial score (nSPS) is 21.9. The molecular formula is C20H33N5O4. The number of amides is 2. The molecule has 0 aromatic carbocycles. The van der Waals surface area contributed by atoms with Crippen molar-refractivity contribution in [2.75, 3.05) is 54.0 Å². The smallest absolute Gasteiger partial charge is 0.248 e. The quantitative estimate of drug-likeness (QED) is 0.701. The maximum Gasteiger partial charge on any atom is 0.248 e. The second-order valence-corrected chi connectivity index (χ2v) is 8.86. The van der Waals surface area contributed by atoms with Gasteiger partial charge in [0.1, 0.15) is 6.61 Å². The molecular weight excluding hydrogens is 374 g/mol. The number of nitrogens with zero attached hydrogens (tertiary/aromatic N) is 5. The summed E-state index contributed by atoms with van der Waals surface area (Å²) in [5.74, 6) is 1.48. The zero-order chi connectivity index (χ0) is 21.2. The monoisotopic (exact) mass is 407 g/mol. The third-order valence-corrected chi connectivity index (χ3v) is 6.12. The van der Waals surface area contributed by atoms with Gasteiger partial charge in [-0.25, -0.2) is 0 Å². The highest BCUT2D eigenvalue weighted by atomic mass is 16.5. The Hall–Kier alpha value is -2.00. The topological polar surface area (TPSA) is 92.0 Å². The highest BCUT2D eigenvalue weighted by molar-refractivity contribution is 5.78. The van der Waals surface area contributed by atoms with E-state index in [1.807, 2.05) is 18.7 Å². The zero-order valence-electron chi connectivity index (χ0n) is 18.2. The molecule has 9 heteroatoms. The van der Waals surface area contributed by atoms with Gasteiger partial charge in [-0.05, 0) is 24.7 Å². The minimum atomic E-state index is -0.0693. The van der Waals surface area contributed by atoms with Gasteiger partial charge in [0.2, 0.25) is 23.6 Å². The van der Waals surface area contributed by atoms with E-state index in [2.05, 4.69) is 15.1 Å². The summed E-state index contributed by atoms with van der Waals surface area (Å²) in [7, 11) is 5.08. The summed E-state index contributed by atoms with van der Waals surface area (Å²) in [6, 6.07) is -0.0693. The van der Waals surface area contributed by atoms with Crippen molar-refractivity contribution in [3.05, 3.63) is 11.8 Å². The van der Waals surface area contributed by atoms with Crippen LogP contribution < -0.4 is 0 Å². The van der Waals surface area contributed by atoms with Crippen LogP contribution in [-0.2, 0) is 14.3 Å². The fraction of sp³-hybridized carbons (Fsp3) is 0.800. The van der Waals surface area contributed by atoms with Gasteiger partial charge in [0, 0.05) is 46.8 Å². The van der Waals surface area contributed by atoms with E-state index in [9.17, 15) is 9.59 Å². The second-order valence-electron chi connectivity index (χ2n) is 8.86. The Morgan fingerprint density at radius 2 is 1.97 bits per heavy atom. The first kappa shape index (κ1) is 21.7. The molecule has 1 unspecified atom stereocenters. The molecule has 1 spiro atoms. The summed E-state index contributed by atoms with van der Waals surface area (Å²) in [4.78, 5) is 30.2. The van der Waals surface area contributed by atoms with Crippen LogP contribution in [0.25, 0.3) is 0 Å². The molecule has 3 rings (SSSR count). The SMILES string of the molecule is COCC(=O)N1CCC2(CC1)CC(c1nnc(C(C)C)o1)N(CC(=O)N(C)C)C2. The molecule has 2 aliphatic rings. The van der Waals surface area contributed by atoms with Crippen molar-refractivity contribution in [2.24, 2.45) is 5.41 Å². The van der Waals surface area contributed by atoms with Crippen molar-refractivity contribution in [3.8, 4) is 0 Å². The van der Waals surface area contributed by atoms with E-state index in [4.69, 9.17) is 9.15 Å². The fourth-order valence-corrected chi connectivity index (χ4v) is 4.29. The average Bonchev–Trinajstić information content (AvgIpc) is 3.28. The highest BCUT2D eigenvalue weighted by Crippen LogP contribution is 2.48. The molecule has 0 radical (unpaired) electrons. The van der Waals surface area contributed by atoms with Crippen LogP contribution in [0.1, 0.15) is 56.9 Å². The number of carbonyl (C=O) groups excluding carboxylic acids is 2. The number of ether oxygens (including phenoxy) is 1. The van der Waals surface area contributed by atoms with Crippen LogP contribution in [0.3, 0.4) is 0 Å². The molecule has 2 saturated heterocycles. The summed E-state index contributed by atoms with van der Waals surface area (Å²) < 4.78 is 10.9. The molecule has 1 aromatic rings. The summed E-state index contributed by atoms with van der Waals surface area (Å²) in [5, 5.41) is 8.50. The highest BCUT2D eigenvalue weighted by Gasteiger charge is 2.48. The van der Waals surface area contributed by atoms with E-state index >= 15 is 0 Å². The molecule has 9 nitrogen and oxygen atoms in total. The molecule has 0 saturated carbocycles. The number of likely N-dealkylation sites (tertiary alicyclic amines) is 2. The molecule has 0 aliphatic carbocycles.